The van der Waals surface area contributed by atoms with Crippen LogP contribution in [-0.2, 0) is 4.74 Å². The number of nitrogens with zero attached hydrogens (tertiary/aromatic N) is 2. The second-order valence-electron chi connectivity index (χ2n) is 7.11. The van der Waals surface area contributed by atoms with Crippen LogP contribution in [0.25, 0.3) is 0 Å². The molecule has 0 aromatic rings. The monoisotopic (exact) mass is 348 g/mol. The summed E-state index contributed by atoms with van der Waals surface area (Å²) in [7, 11) is 0. The molecule has 23 heavy (non-hydrogen) atoms. The van der Waals surface area contributed by atoms with E-state index in [0.29, 0.717) is 6.42 Å². The van der Waals surface area contributed by atoms with Crippen LogP contribution in [0.2, 0.25) is 0 Å². The molecule has 3 nitrogen and oxygen atoms in total. The highest BCUT2D eigenvalue weighted by Gasteiger charge is 2.64. The summed E-state index contributed by atoms with van der Waals surface area (Å²) in [6.45, 7) is 3.07. The Morgan fingerprint density at radius 3 is 2.30 bits per heavy atom. The summed E-state index contributed by atoms with van der Waals surface area (Å²) >= 11 is 5.07. The van der Waals surface area contributed by atoms with Crippen molar-refractivity contribution in [2.45, 2.75) is 69.9 Å². The number of thiocarbonyl (C=S) groups is 1. The number of nitriles is 1. The normalized spacial score (nSPS) is 31.4. The highest BCUT2D eigenvalue weighted by molar-refractivity contribution is 7.79. The number of rotatable bonds is 5. The van der Waals surface area contributed by atoms with E-state index in [2.05, 4.69) is 6.07 Å². The zero-order chi connectivity index (χ0) is 17.3. The number of ether oxygens (including phenoxy) is 1. The fourth-order valence-corrected chi connectivity index (χ4v) is 4.00. The van der Waals surface area contributed by atoms with Crippen molar-refractivity contribution in [3.05, 3.63) is 0 Å². The van der Waals surface area contributed by atoms with E-state index in [1.807, 2.05) is 4.90 Å². The zero-order valence-electron chi connectivity index (χ0n) is 13.5. The lowest BCUT2D eigenvalue weighted by Gasteiger charge is -2.55. The Kier molecular flexibility index (Phi) is 5.39. The summed E-state index contributed by atoms with van der Waals surface area (Å²) in [4.78, 5) is 1.87. The molecule has 1 heterocycles. The van der Waals surface area contributed by atoms with Crippen LogP contribution in [0.5, 0.6) is 0 Å². The number of alkyl halides is 3. The van der Waals surface area contributed by atoms with Crippen molar-refractivity contribution in [1.82, 2.24) is 4.90 Å². The Labute approximate surface area is 140 Å². The van der Waals surface area contributed by atoms with Crippen LogP contribution in [0.4, 0.5) is 13.2 Å². The Balaban J connectivity index is 1.95. The highest BCUT2D eigenvalue weighted by Crippen LogP contribution is 2.46. The first kappa shape index (κ1) is 18.6. The lowest BCUT2D eigenvalue weighted by molar-refractivity contribution is -0.332. The maximum atomic E-state index is 13.3. The lowest BCUT2D eigenvalue weighted by atomic mass is 9.71. The fraction of sp³-hybridized carbons (Fsp3) is 0.875. The molecule has 2 fully saturated rings. The summed E-state index contributed by atoms with van der Waals surface area (Å²) in [6.07, 6.45) is -1.30. The molecule has 0 bridgehead atoms. The van der Waals surface area contributed by atoms with E-state index < -0.39 is 17.9 Å². The third-order valence-corrected chi connectivity index (χ3v) is 5.54. The number of hydrogen-bond acceptors (Lipinski definition) is 4. The van der Waals surface area contributed by atoms with E-state index in [4.69, 9.17) is 22.2 Å². The van der Waals surface area contributed by atoms with Crippen molar-refractivity contribution >= 4 is 17.6 Å². The van der Waals surface area contributed by atoms with Gasteiger partial charge >= 0.3 is 6.18 Å². The molecule has 0 atom stereocenters. The van der Waals surface area contributed by atoms with Gasteiger partial charge < -0.3 is 4.74 Å². The molecule has 0 aromatic carbocycles. The van der Waals surface area contributed by atoms with Gasteiger partial charge in [0.2, 0.25) is 0 Å². The van der Waals surface area contributed by atoms with Gasteiger partial charge in [-0.3, -0.25) is 4.90 Å². The van der Waals surface area contributed by atoms with Crippen LogP contribution in [0, 0.1) is 16.7 Å². The summed E-state index contributed by atoms with van der Waals surface area (Å²) in [6, 6.07) is 2.30. The molecular weight excluding hydrogens is 325 g/mol. The predicted molar refractivity (Wildman–Crippen MR) is 85.2 cm³/mol. The number of halogens is 3. The minimum Gasteiger partial charge on any atom is -0.360 e. The molecular formula is C16H23F3N2OS. The van der Waals surface area contributed by atoms with Gasteiger partial charge in [-0.1, -0.05) is 12.2 Å². The van der Waals surface area contributed by atoms with Gasteiger partial charge in [0, 0.05) is 31.0 Å². The Morgan fingerprint density at radius 1 is 1.35 bits per heavy atom. The van der Waals surface area contributed by atoms with E-state index in [1.165, 1.54) is 0 Å². The molecule has 1 saturated heterocycles. The van der Waals surface area contributed by atoms with Crippen molar-refractivity contribution in [3.8, 4) is 6.07 Å². The third kappa shape index (κ3) is 3.70. The van der Waals surface area contributed by atoms with E-state index in [-0.39, 0.29) is 24.5 Å². The summed E-state index contributed by atoms with van der Waals surface area (Å²) in [5, 5.41) is 10.6. The van der Waals surface area contributed by atoms with Crippen LogP contribution in [0.3, 0.4) is 0 Å². The quantitative estimate of drug-likeness (QED) is 0.707. The van der Waals surface area contributed by atoms with Crippen LogP contribution < -0.4 is 0 Å². The van der Waals surface area contributed by atoms with Gasteiger partial charge in [-0.25, -0.2) is 0 Å². The Hall–Kier alpha value is -0.710. The van der Waals surface area contributed by atoms with Crippen molar-refractivity contribution in [2.24, 2.45) is 5.41 Å². The topological polar surface area (TPSA) is 36.3 Å². The molecule has 1 aliphatic carbocycles. The van der Waals surface area contributed by atoms with Crippen LogP contribution >= 0.6 is 12.2 Å². The molecule has 0 amide bonds. The van der Waals surface area contributed by atoms with Gasteiger partial charge in [0.15, 0.2) is 5.60 Å². The first-order chi connectivity index (χ1) is 10.7. The SMILES string of the molecule is CC(C)OC1(C(F)(F)F)CN(C2CCC(C=S)(CC#N)CC2)C1. The minimum atomic E-state index is -4.35. The first-order valence-electron chi connectivity index (χ1n) is 7.99. The molecule has 1 saturated carbocycles. The lowest BCUT2D eigenvalue weighted by Crippen LogP contribution is -2.73. The predicted octanol–water partition coefficient (Wildman–Crippen LogP) is 3.87. The molecule has 130 valence electrons. The molecule has 0 radical (unpaired) electrons. The van der Waals surface area contributed by atoms with Crippen molar-refractivity contribution in [2.75, 3.05) is 13.1 Å². The molecule has 0 N–H and O–H groups in total. The third-order valence-electron chi connectivity index (χ3n) is 5.04. The van der Waals surface area contributed by atoms with Crippen LogP contribution in [0.1, 0.15) is 46.0 Å². The number of likely N-dealkylation sites (tertiary alicyclic amines) is 1. The van der Waals surface area contributed by atoms with E-state index in [9.17, 15) is 13.2 Å². The van der Waals surface area contributed by atoms with Crippen LogP contribution in [-0.4, -0.2) is 47.3 Å². The van der Waals surface area contributed by atoms with Crippen molar-refractivity contribution in [3.63, 3.8) is 0 Å². The molecule has 2 aliphatic rings. The molecule has 0 spiro atoms. The Morgan fingerprint density at radius 2 is 1.91 bits per heavy atom. The fourth-order valence-electron chi connectivity index (χ4n) is 3.68. The number of hydrogen-bond donors (Lipinski definition) is 0. The maximum absolute atomic E-state index is 13.3. The summed E-state index contributed by atoms with van der Waals surface area (Å²) in [5.41, 5.74) is -2.26. The molecule has 0 unspecified atom stereocenters. The van der Waals surface area contributed by atoms with Gasteiger partial charge in [-0.15, -0.1) is 0 Å². The maximum Gasteiger partial charge on any atom is 0.419 e. The van der Waals surface area contributed by atoms with Gasteiger partial charge in [-0.2, -0.15) is 18.4 Å². The van der Waals surface area contributed by atoms with Crippen LogP contribution in [0.15, 0.2) is 0 Å². The van der Waals surface area contributed by atoms with Crippen molar-refractivity contribution < 1.29 is 17.9 Å². The molecule has 7 heteroatoms. The average Bonchev–Trinajstić information content (AvgIpc) is 2.42. The minimum absolute atomic E-state index is 0.0951. The highest BCUT2D eigenvalue weighted by atomic mass is 32.1. The Bertz CT molecular complexity index is 473. The summed E-state index contributed by atoms with van der Waals surface area (Å²) in [5.74, 6) is 0. The van der Waals surface area contributed by atoms with Gasteiger partial charge in [0.25, 0.3) is 0 Å². The van der Waals surface area contributed by atoms with Gasteiger partial charge in [0.05, 0.1) is 12.2 Å². The second kappa shape index (κ2) is 6.66. The van der Waals surface area contributed by atoms with E-state index in [1.54, 1.807) is 19.2 Å². The summed E-state index contributed by atoms with van der Waals surface area (Å²) < 4.78 is 45.2. The first-order valence-corrected chi connectivity index (χ1v) is 8.46. The van der Waals surface area contributed by atoms with Crippen molar-refractivity contribution in [1.29, 1.82) is 5.26 Å². The molecule has 0 aromatic heterocycles. The standard InChI is InChI=1S/C16H23F3N2OS/c1-12(2)22-15(16(17,18)19)9-21(10-15)13-3-5-14(11-23,6-4-13)7-8-20/h11-13H,3-7,9-10H2,1-2H3. The largest absolute Gasteiger partial charge is 0.419 e. The van der Waals surface area contributed by atoms with E-state index >= 15 is 0 Å². The van der Waals surface area contributed by atoms with Gasteiger partial charge in [0.1, 0.15) is 0 Å². The zero-order valence-corrected chi connectivity index (χ0v) is 14.3. The van der Waals surface area contributed by atoms with E-state index in [0.717, 1.165) is 25.7 Å². The molecule has 1 aliphatic heterocycles. The van der Waals surface area contributed by atoms with Gasteiger partial charge in [-0.05, 0) is 44.9 Å². The smallest absolute Gasteiger partial charge is 0.360 e. The molecule has 2 rings (SSSR count). The second-order valence-corrected chi connectivity index (χ2v) is 7.35. The average molecular weight is 348 g/mol.